The number of nitrogens with one attached hydrogen (secondary N) is 1. The SMILES string of the molecule is CCc1cnc(NC(=O)C2CCCN(C(=O)Cc3ccccc3)C2)s1. The van der Waals surface area contributed by atoms with Crippen molar-refractivity contribution in [3.63, 3.8) is 0 Å². The zero-order valence-corrected chi connectivity index (χ0v) is 15.2. The average Bonchev–Trinajstić information content (AvgIpc) is 3.10. The third-order valence-electron chi connectivity index (χ3n) is 4.48. The molecule has 0 saturated carbocycles. The molecule has 1 fully saturated rings. The molecule has 0 aliphatic carbocycles. The third-order valence-corrected chi connectivity index (χ3v) is 5.53. The Kier molecular flexibility index (Phi) is 5.81. The summed E-state index contributed by atoms with van der Waals surface area (Å²) in [6.07, 6.45) is 4.78. The summed E-state index contributed by atoms with van der Waals surface area (Å²) in [6.45, 7) is 3.28. The molecule has 1 N–H and O–H groups in total. The fraction of sp³-hybridized carbons (Fsp3) is 0.421. The van der Waals surface area contributed by atoms with Crippen LogP contribution in [0.25, 0.3) is 0 Å². The van der Waals surface area contributed by atoms with Crippen LogP contribution in [-0.2, 0) is 22.4 Å². The smallest absolute Gasteiger partial charge is 0.231 e. The van der Waals surface area contributed by atoms with Crippen molar-refractivity contribution in [1.29, 1.82) is 0 Å². The van der Waals surface area contributed by atoms with Gasteiger partial charge in [0.25, 0.3) is 0 Å². The van der Waals surface area contributed by atoms with E-state index < -0.39 is 0 Å². The minimum absolute atomic E-state index is 0.0331. The largest absolute Gasteiger partial charge is 0.342 e. The molecule has 3 rings (SSSR count). The molecular weight excluding hydrogens is 334 g/mol. The zero-order valence-electron chi connectivity index (χ0n) is 14.4. The summed E-state index contributed by atoms with van der Waals surface area (Å²) in [5.41, 5.74) is 1.01. The standard InChI is InChI=1S/C19H23N3O2S/c1-2-16-12-20-19(25-16)21-18(24)15-9-6-10-22(13-15)17(23)11-14-7-4-3-5-8-14/h3-5,7-8,12,15H,2,6,9-11,13H2,1H3,(H,20,21,24). The number of amides is 2. The molecule has 1 aromatic carbocycles. The van der Waals surface area contributed by atoms with Crippen LogP contribution in [0.2, 0.25) is 0 Å². The van der Waals surface area contributed by atoms with E-state index in [9.17, 15) is 9.59 Å². The second-order valence-electron chi connectivity index (χ2n) is 6.32. The van der Waals surface area contributed by atoms with Crippen LogP contribution in [0.5, 0.6) is 0 Å². The fourth-order valence-electron chi connectivity index (χ4n) is 3.04. The Morgan fingerprint density at radius 2 is 2.12 bits per heavy atom. The molecule has 1 aromatic heterocycles. The Balaban J connectivity index is 1.56. The molecule has 5 nitrogen and oxygen atoms in total. The Hall–Kier alpha value is -2.21. The summed E-state index contributed by atoms with van der Waals surface area (Å²) in [5, 5.41) is 3.55. The number of carbonyl (C=O) groups excluding carboxylic acids is 2. The minimum atomic E-state index is -0.164. The van der Waals surface area contributed by atoms with Gasteiger partial charge in [-0.25, -0.2) is 4.98 Å². The number of rotatable bonds is 5. The second kappa shape index (κ2) is 8.25. The normalized spacial score (nSPS) is 17.3. The van der Waals surface area contributed by atoms with E-state index >= 15 is 0 Å². The number of hydrogen-bond donors (Lipinski definition) is 1. The predicted molar refractivity (Wildman–Crippen MR) is 99.6 cm³/mol. The highest BCUT2D eigenvalue weighted by atomic mass is 32.1. The molecule has 0 bridgehead atoms. The zero-order chi connectivity index (χ0) is 17.6. The van der Waals surface area contributed by atoms with E-state index in [2.05, 4.69) is 17.2 Å². The summed E-state index contributed by atoms with van der Waals surface area (Å²) in [4.78, 5) is 32.2. The van der Waals surface area contributed by atoms with Crippen molar-refractivity contribution in [3.05, 3.63) is 47.0 Å². The average molecular weight is 357 g/mol. The Morgan fingerprint density at radius 1 is 1.32 bits per heavy atom. The second-order valence-corrected chi connectivity index (χ2v) is 7.43. The number of piperidine rings is 1. The molecule has 1 unspecified atom stereocenters. The van der Waals surface area contributed by atoms with Crippen LogP contribution in [0.3, 0.4) is 0 Å². The van der Waals surface area contributed by atoms with E-state index in [-0.39, 0.29) is 17.7 Å². The van der Waals surface area contributed by atoms with Gasteiger partial charge in [-0.15, -0.1) is 11.3 Å². The van der Waals surface area contributed by atoms with Gasteiger partial charge in [0.05, 0.1) is 12.3 Å². The molecule has 2 heterocycles. The number of aromatic nitrogens is 1. The highest BCUT2D eigenvalue weighted by molar-refractivity contribution is 7.15. The molecule has 132 valence electrons. The van der Waals surface area contributed by atoms with Crippen molar-refractivity contribution in [2.24, 2.45) is 5.92 Å². The number of aryl methyl sites for hydroxylation is 1. The van der Waals surface area contributed by atoms with Crippen LogP contribution in [0.1, 0.15) is 30.2 Å². The third kappa shape index (κ3) is 4.66. The van der Waals surface area contributed by atoms with Gasteiger partial charge in [-0.05, 0) is 24.8 Å². The summed E-state index contributed by atoms with van der Waals surface area (Å²) in [5.74, 6) is -0.108. The number of anilines is 1. The highest BCUT2D eigenvalue weighted by Gasteiger charge is 2.28. The first-order valence-electron chi connectivity index (χ1n) is 8.73. The van der Waals surface area contributed by atoms with E-state index in [1.165, 1.54) is 11.3 Å². The van der Waals surface area contributed by atoms with Crippen molar-refractivity contribution in [2.75, 3.05) is 18.4 Å². The van der Waals surface area contributed by atoms with Gasteiger partial charge >= 0.3 is 0 Å². The number of hydrogen-bond acceptors (Lipinski definition) is 4. The van der Waals surface area contributed by atoms with Crippen LogP contribution in [0.4, 0.5) is 5.13 Å². The van der Waals surface area contributed by atoms with Gasteiger partial charge in [0.15, 0.2) is 5.13 Å². The van der Waals surface area contributed by atoms with Gasteiger partial charge in [0.1, 0.15) is 0 Å². The van der Waals surface area contributed by atoms with E-state index in [0.717, 1.165) is 36.2 Å². The van der Waals surface area contributed by atoms with Crippen LogP contribution in [0, 0.1) is 5.92 Å². The predicted octanol–water partition coefficient (Wildman–Crippen LogP) is 3.13. The van der Waals surface area contributed by atoms with Gasteiger partial charge in [-0.1, -0.05) is 37.3 Å². The lowest BCUT2D eigenvalue weighted by atomic mass is 9.96. The quantitative estimate of drug-likeness (QED) is 0.894. The number of likely N-dealkylation sites (tertiary alicyclic amines) is 1. The van der Waals surface area contributed by atoms with Crippen molar-refractivity contribution in [2.45, 2.75) is 32.6 Å². The summed E-state index contributed by atoms with van der Waals surface area (Å²) in [7, 11) is 0. The molecule has 2 amide bonds. The lowest BCUT2D eigenvalue weighted by Crippen LogP contribution is -2.44. The maximum Gasteiger partial charge on any atom is 0.231 e. The van der Waals surface area contributed by atoms with Gasteiger partial charge in [0.2, 0.25) is 11.8 Å². The molecular formula is C19H23N3O2S. The number of carbonyl (C=O) groups is 2. The lowest BCUT2D eigenvalue weighted by Gasteiger charge is -2.32. The van der Waals surface area contributed by atoms with E-state index in [1.54, 1.807) is 6.20 Å². The van der Waals surface area contributed by atoms with Crippen molar-refractivity contribution >= 4 is 28.3 Å². The van der Waals surface area contributed by atoms with Gasteiger partial charge in [-0.2, -0.15) is 0 Å². The van der Waals surface area contributed by atoms with E-state index in [1.807, 2.05) is 35.2 Å². The van der Waals surface area contributed by atoms with Crippen molar-refractivity contribution < 1.29 is 9.59 Å². The molecule has 1 saturated heterocycles. The summed E-state index contributed by atoms with van der Waals surface area (Å²) in [6, 6.07) is 9.73. The van der Waals surface area contributed by atoms with E-state index in [0.29, 0.717) is 18.1 Å². The van der Waals surface area contributed by atoms with Gasteiger partial charge in [-0.3, -0.25) is 9.59 Å². The van der Waals surface area contributed by atoms with Crippen LogP contribution in [-0.4, -0.2) is 34.8 Å². The molecule has 25 heavy (non-hydrogen) atoms. The molecule has 1 aliphatic heterocycles. The van der Waals surface area contributed by atoms with Crippen LogP contribution < -0.4 is 5.32 Å². The molecule has 1 atom stereocenters. The fourth-order valence-corrected chi connectivity index (χ4v) is 3.79. The van der Waals surface area contributed by atoms with Gasteiger partial charge in [0, 0.05) is 24.2 Å². The Bertz CT molecular complexity index is 729. The monoisotopic (exact) mass is 357 g/mol. The first-order valence-corrected chi connectivity index (χ1v) is 9.54. The number of thiazole rings is 1. The first-order chi connectivity index (χ1) is 12.2. The Labute approximate surface area is 152 Å². The maximum absolute atomic E-state index is 12.5. The Morgan fingerprint density at radius 3 is 2.84 bits per heavy atom. The first kappa shape index (κ1) is 17.6. The molecule has 1 aliphatic rings. The van der Waals surface area contributed by atoms with Crippen molar-refractivity contribution in [1.82, 2.24) is 9.88 Å². The minimum Gasteiger partial charge on any atom is -0.342 e. The van der Waals surface area contributed by atoms with Crippen LogP contribution >= 0.6 is 11.3 Å². The van der Waals surface area contributed by atoms with Gasteiger partial charge < -0.3 is 10.2 Å². The molecule has 0 spiro atoms. The van der Waals surface area contributed by atoms with Crippen LogP contribution in [0.15, 0.2) is 36.5 Å². The maximum atomic E-state index is 12.5. The number of benzene rings is 1. The van der Waals surface area contributed by atoms with E-state index in [4.69, 9.17) is 0 Å². The highest BCUT2D eigenvalue weighted by Crippen LogP contribution is 2.22. The van der Waals surface area contributed by atoms with Crippen molar-refractivity contribution in [3.8, 4) is 0 Å². The molecule has 6 heteroatoms. The lowest BCUT2D eigenvalue weighted by molar-refractivity contribution is -0.133. The topological polar surface area (TPSA) is 62.3 Å². The molecule has 0 radical (unpaired) electrons. The molecule has 2 aromatic rings. The summed E-state index contributed by atoms with van der Waals surface area (Å²) >= 11 is 1.51. The summed E-state index contributed by atoms with van der Waals surface area (Å²) < 4.78 is 0. The number of nitrogens with zero attached hydrogens (tertiary/aromatic N) is 2.